The standard InChI is InChI=1S/C13H28N2O/c1-4-13(5-2,16-3)12(15-14)11-9-7-6-8-10-11/h11-12,15H,4-10,14H2,1-3H3. The highest BCUT2D eigenvalue weighted by atomic mass is 16.5. The summed E-state index contributed by atoms with van der Waals surface area (Å²) in [6, 6.07) is 0.299. The Hall–Kier alpha value is -0.120. The van der Waals surface area contributed by atoms with Crippen LogP contribution in [0.4, 0.5) is 0 Å². The summed E-state index contributed by atoms with van der Waals surface area (Å²) in [4.78, 5) is 0. The normalized spacial score (nSPS) is 21.0. The van der Waals surface area contributed by atoms with Gasteiger partial charge in [0.05, 0.1) is 11.6 Å². The smallest absolute Gasteiger partial charge is 0.0841 e. The lowest BCUT2D eigenvalue weighted by atomic mass is 9.74. The third kappa shape index (κ3) is 2.76. The van der Waals surface area contributed by atoms with Gasteiger partial charge in [-0.15, -0.1) is 0 Å². The molecule has 0 aliphatic heterocycles. The van der Waals surface area contributed by atoms with Crippen molar-refractivity contribution >= 4 is 0 Å². The van der Waals surface area contributed by atoms with Crippen LogP contribution in [0.3, 0.4) is 0 Å². The number of ether oxygens (including phenoxy) is 1. The van der Waals surface area contributed by atoms with Crippen molar-refractivity contribution in [2.45, 2.75) is 70.4 Å². The highest BCUT2D eigenvalue weighted by Gasteiger charge is 2.40. The van der Waals surface area contributed by atoms with E-state index in [4.69, 9.17) is 10.6 Å². The van der Waals surface area contributed by atoms with Gasteiger partial charge in [-0.25, -0.2) is 0 Å². The first kappa shape index (κ1) is 13.9. The van der Waals surface area contributed by atoms with Gasteiger partial charge >= 0.3 is 0 Å². The van der Waals surface area contributed by atoms with Crippen LogP contribution in [0, 0.1) is 5.92 Å². The Balaban J connectivity index is 2.76. The van der Waals surface area contributed by atoms with E-state index in [1.165, 1.54) is 32.1 Å². The van der Waals surface area contributed by atoms with Crippen molar-refractivity contribution in [1.82, 2.24) is 5.43 Å². The molecule has 1 aliphatic rings. The van der Waals surface area contributed by atoms with Crippen molar-refractivity contribution in [2.24, 2.45) is 11.8 Å². The van der Waals surface area contributed by atoms with Gasteiger partial charge in [0.15, 0.2) is 0 Å². The zero-order valence-corrected chi connectivity index (χ0v) is 11.1. The molecule has 0 bridgehead atoms. The molecule has 1 saturated carbocycles. The van der Waals surface area contributed by atoms with E-state index in [1.807, 2.05) is 7.11 Å². The zero-order valence-electron chi connectivity index (χ0n) is 11.1. The second-order valence-electron chi connectivity index (χ2n) is 5.02. The summed E-state index contributed by atoms with van der Waals surface area (Å²) < 4.78 is 5.80. The number of hydrogen-bond acceptors (Lipinski definition) is 3. The molecule has 0 heterocycles. The number of hydrogen-bond donors (Lipinski definition) is 2. The molecule has 16 heavy (non-hydrogen) atoms. The minimum atomic E-state index is -0.0866. The van der Waals surface area contributed by atoms with E-state index in [-0.39, 0.29) is 5.60 Å². The molecule has 0 aromatic rings. The quantitative estimate of drug-likeness (QED) is 0.542. The topological polar surface area (TPSA) is 47.3 Å². The maximum Gasteiger partial charge on any atom is 0.0841 e. The first-order valence-electron chi connectivity index (χ1n) is 6.75. The number of methoxy groups -OCH3 is 1. The minimum Gasteiger partial charge on any atom is -0.377 e. The Morgan fingerprint density at radius 3 is 2.19 bits per heavy atom. The Bertz CT molecular complexity index is 178. The van der Waals surface area contributed by atoms with Gasteiger partial charge in [0.2, 0.25) is 0 Å². The van der Waals surface area contributed by atoms with Crippen molar-refractivity contribution < 1.29 is 4.74 Å². The SMILES string of the molecule is CCC(CC)(OC)C(NN)C1CCCCC1. The molecule has 3 heteroatoms. The lowest BCUT2D eigenvalue weighted by molar-refractivity contribution is -0.0671. The molecule has 96 valence electrons. The molecule has 1 fully saturated rings. The number of hydrazine groups is 1. The Labute approximate surface area is 100 Å². The molecule has 3 N–H and O–H groups in total. The van der Waals surface area contributed by atoms with Gasteiger partial charge in [0.25, 0.3) is 0 Å². The monoisotopic (exact) mass is 228 g/mol. The van der Waals surface area contributed by atoms with E-state index in [0.29, 0.717) is 12.0 Å². The van der Waals surface area contributed by atoms with Gasteiger partial charge in [-0.2, -0.15) is 0 Å². The summed E-state index contributed by atoms with van der Waals surface area (Å²) in [5, 5.41) is 0. The van der Waals surface area contributed by atoms with Gasteiger partial charge < -0.3 is 4.74 Å². The zero-order chi connectivity index (χ0) is 12.0. The molecule has 0 saturated heterocycles. The summed E-state index contributed by atoms with van der Waals surface area (Å²) in [6.45, 7) is 4.39. The third-order valence-electron chi connectivity index (χ3n) is 4.47. The Kier molecular flexibility index (Phi) is 5.73. The van der Waals surface area contributed by atoms with E-state index >= 15 is 0 Å². The van der Waals surface area contributed by atoms with Crippen LogP contribution in [0.5, 0.6) is 0 Å². The highest BCUT2D eigenvalue weighted by molar-refractivity contribution is 4.95. The van der Waals surface area contributed by atoms with Crippen LogP contribution in [0.1, 0.15) is 58.8 Å². The molecule has 0 spiro atoms. The van der Waals surface area contributed by atoms with Crippen molar-refractivity contribution in [3.8, 4) is 0 Å². The predicted octanol–water partition coefficient (Wildman–Crippen LogP) is 2.60. The van der Waals surface area contributed by atoms with Crippen LogP contribution < -0.4 is 11.3 Å². The molecule has 3 nitrogen and oxygen atoms in total. The molecule has 0 radical (unpaired) electrons. The second-order valence-corrected chi connectivity index (χ2v) is 5.02. The average Bonchev–Trinajstić information content (AvgIpc) is 2.37. The molecular weight excluding hydrogens is 200 g/mol. The summed E-state index contributed by atoms with van der Waals surface area (Å²) in [7, 11) is 1.82. The summed E-state index contributed by atoms with van der Waals surface area (Å²) in [5.41, 5.74) is 2.95. The van der Waals surface area contributed by atoms with Crippen LogP contribution >= 0.6 is 0 Å². The van der Waals surface area contributed by atoms with E-state index in [1.54, 1.807) is 0 Å². The maximum absolute atomic E-state index is 5.80. The Morgan fingerprint density at radius 1 is 1.25 bits per heavy atom. The van der Waals surface area contributed by atoms with E-state index in [0.717, 1.165) is 12.8 Å². The summed E-state index contributed by atoms with van der Waals surface area (Å²) in [6.07, 6.45) is 8.69. The molecule has 1 atom stereocenters. The lowest BCUT2D eigenvalue weighted by Crippen LogP contribution is -2.58. The fourth-order valence-corrected chi connectivity index (χ4v) is 3.29. The van der Waals surface area contributed by atoms with Crippen LogP contribution in [-0.2, 0) is 4.74 Å². The van der Waals surface area contributed by atoms with Gasteiger partial charge in [-0.1, -0.05) is 33.1 Å². The van der Waals surface area contributed by atoms with Crippen molar-refractivity contribution in [1.29, 1.82) is 0 Å². The van der Waals surface area contributed by atoms with Crippen LogP contribution in [0.15, 0.2) is 0 Å². The molecule has 1 rings (SSSR count). The largest absolute Gasteiger partial charge is 0.377 e. The van der Waals surface area contributed by atoms with Crippen LogP contribution in [-0.4, -0.2) is 18.8 Å². The van der Waals surface area contributed by atoms with E-state index in [9.17, 15) is 0 Å². The highest BCUT2D eigenvalue weighted by Crippen LogP contribution is 2.35. The second kappa shape index (κ2) is 6.58. The van der Waals surface area contributed by atoms with Crippen molar-refractivity contribution in [3.05, 3.63) is 0 Å². The molecule has 1 unspecified atom stereocenters. The number of rotatable bonds is 6. The third-order valence-corrected chi connectivity index (χ3v) is 4.47. The first-order chi connectivity index (χ1) is 7.74. The molecule has 1 aliphatic carbocycles. The maximum atomic E-state index is 5.80. The van der Waals surface area contributed by atoms with E-state index in [2.05, 4.69) is 19.3 Å². The molecular formula is C13H28N2O. The van der Waals surface area contributed by atoms with Crippen LogP contribution in [0.25, 0.3) is 0 Å². The van der Waals surface area contributed by atoms with Crippen LogP contribution in [0.2, 0.25) is 0 Å². The summed E-state index contributed by atoms with van der Waals surface area (Å²) in [5.74, 6) is 6.47. The van der Waals surface area contributed by atoms with Gasteiger partial charge in [0.1, 0.15) is 0 Å². The van der Waals surface area contributed by atoms with Crippen molar-refractivity contribution in [3.63, 3.8) is 0 Å². The first-order valence-corrected chi connectivity index (χ1v) is 6.75. The fourth-order valence-electron chi connectivity index (χ4n) is 3.29. The fraction of sp³-hybridized carbons (Fsp3) is 1.00. The Morgan fingerprint density at radius 2 is 1.81 bits per heavy atom. The van der Waals surface area contributed by atoms with Crippen molar-refractivity contribution in [2.75, 3.05) is 7.11 Å². The molecule has 0 amide bonds. The van der Waals surface area contributed by atoms with E-state index < -0.39 is 0 Å². The van der Waals surface area contributed by atoms with Gasteiger partial charge in [-0.3, -0.25) is 11.3 Å². The minimum absolute atomic E-state index is 0.0866. The number of nitrogens with one attached hydrogen (secondary N) is 1. The van der Waals surface area contributed by atoms with Gasteiger partial charge in [0, 0.05) is 7.11 Å². The average molecular weight is 228 g/mol. The summed E-state index contributed by atoms with van der Waals surface area (Å²) >= 11 is 0. The van der Waals surface area contributed by atoms with Gasteiger partial charge in [-0.05, 0) is 31.6 Å². The number of nitrogens with two attached hydrogens (primary N) is 1. The molecule has 0 aromatic heterocycles. The predicted molar refractivity (Wildman–Crippen MR) is 68.0 cm³/mol. The molecule has 0 aromatic carbocycles. The lowest BCUT2D eigenvalue weighted by Gasteiger charge is -2.43.